The number of rotatable bonds is 5. The highest BCUT2D eigenvalue weighted by atomic mass is 16.3. The Hall–Kier alpha value is -4.02. The summed E-state index contributed by atoms with van der Waals surface area (Å²) in [5.41, 5.74) is 1.22. The van der Waals surface area contributed by atoms with Gasteiger partial charge in [0, 0.05) is 12.2 Å². The number of anilines is 1. The van der Waals surface area contributed by atoms with Crippen molar-refractivity contribution < 1.29 is 18.8 Å². The largest absolute Gasteiger partial charge is 0.467 e. The maximum atomic E-state index is 12.6. The van der Waals surface area contributed by atoms with Gasteiger partial charge in [-0.25, -0.2) is 9.48 Å². The number of hydrogen-bond acceptors (Lipinski definition) is 7. The van der Waals surface area contributed by atoms with E-state index in [0.717, 1.165) is 4.90 Å². The molecule has 1 fully saturated rings. The molecule has 0 aliphatic carbocycles. The van der Waals surface area contributed by atoms with Gasteiger partial charge in [0.25, 0.3) is 0 Å². The van der Waals surface area contributed by atoms with Gasteiger partial charge in [0.1, 0.15) is 18.0 Å². The number of carbonyl (C=O) groups excluding carboxylic acids is 3. The summed E-state index contributed by atoms with van der Waals surface area (Å²) in [7, 11) is 0. The Morgan fingerprint density at radius 2 is 2.07 bits per heavy atom. The van der Waals surface area contributed by atoms with Gasteiger partial charge in [0.15, 0.2) is 0 Å². The number of furan rings is 1. The smallest absolute Gasteiger partial charge is 0.324 e. The number of benzene rings is 1. The molecule has 2 N–H and O–H groups in total. The average molecular weight is 381 g/mol. The lowest BCUT2D eigenvalue weighted by Gasteiger charge is -2.30. The monoisotopic (exact) mass is 381 g/mol. The van der Waals surface area contributed by atoms with Crippen LogP contribution in [0, 0.1) is 5.92 Å². The Morgan fingerprint density at radius 1 is 1.25 bits per heavy atom. The lowest BCUT2D eigenvalue weighted by Crippen LogP contribution is -2.57. The van der Waals surface area contributed by atoms with Crippen LogP contribution in [0.3, 0.4) is 0 Å². The van der Waals surface area contributed by atoms with E-state index in [1.807, 2.05) is 0 Å². The molecule has 0 bridgehead atoms. The van der Waals surface area contributed by atoms with Crippen LogP contribution in [0.25, 0.3) is 5.69 Å². The number of imide groups is 1. The molecular formula is C17H15N7O4. The minimum atomic E-state index is -1.04. The molecule has 3 aromatic rings. The molecule has 1 atom stereocenters. The Labute approximate surface area is 158 Å². The fourth-order valence-electron chi connectivity index (χ4n) is 2.78. The Morgan fingerprint density at radius 3 is 2.75 bits per heavy atom. The molecule has 3 heterocycles. The second kappa shape index (κ2) is 7.31. The Balaban J connectivity index is 1.43. The van der Waals surface area contributed by atoms with Crippen LogP contribution in [-0.2, 0) is 16.1 Å². The number of tetrazole rings is 1. The van der Waals surface area contributed by atoms with E-state index in [-0.39, 0.29) is 13.1 Å². The third-order valence-corrected chi connectivity index (χ3v) is 4.23. The molecule has 4 rings (SSSR count). The van der Waals surface area contributed by atoms with Crippen molar-refractivity contribution in [3.8, 4) is 5.69 Å². The van der Waals surface area contributed by atoms with Crippen molar-refractivity contribution in [2.75, 3.05) is 11.9 Å². The van der Waals surface area contributed by atoms with Gasteiger partial charge in [-0.15, -0.1) is 5.10 Å². The van der Waals surface area contributed by atoms with E-state index < -0.39 is 23.8 Å². The molecule has 1 aliphatic heterocycles. The van der Waals surface area contributed by atoms with E-state index in [0.29, 0.717) is 17.1 Å². The molecule has 142 valence electrons. The zero-order chi connectivity index (χ0) is 19.5. The first-order valence-electron chi connectivity index (χ1n) is 8.38. The highest BCUT2D eigenvalue weighted by Gasteiger charge is 2.38. The molecule has 4 amide bonds. The first-order valence-corrected chi connectivity index (χ1v) is 8.38. The molecule has 11 nitrogen and oxygen atoms in total. The second-order valence-electron chi connectivity index (χ2n) is 6.03. The SMILES string of the molecule is O=C(Nc1ccc(-n2cnnn2)cc1)C1CNC(=O)N(Cc2ccco2)C1=O. The Bertz CT molecular complexity index is 983. The van der Waals surface area contributed by atoms with Gasteiger partial charge in [-0.2, -0.15) is 0 Å². The molecular weight excluding hydrogens is 366 g/mol. The fraction of sp³-hybridized carbons (Fsp3) is 0.176. The van der Waals surface area contributed by atoms with Crippen LogP contribution in [0.4, 0.5) is 10.5 Å². The van der Waals surface area contributed by atoms with Crippen LogP contribution in [0.1, 0.15) is 5.76 Å². The number of hydrogen-bond donors (Lipinski definition) is 2. The van der Waals surface area contributed by atoms with Crippen molar-refractivity contribution >= 4 is 23.5 Å². The molecule has 0 saturated carbocycles. The average Bonchev–Trinajstić information content (AvgIpc) is 3.40. The fourth-order valence-corrected chi connectivity index (χ4v) is 2.78. The van der Waals surface area contributed by atoms with Gasteiger partial charge < -0.3 is 15.1 Å². The normalized spacial score (nSPS) is 16.7. The van der Waals surface area contributed by atoms with Crippen molar-refractivity contribution in [1.29, 1.82) is 0 Å². The van der Waals surface area contributed by atoms with Crippen molar-refractivity contribution in [2.45, 2.75) is 6.54 Å². The summed E-state index contributed by atoms with van der Waals surface area (Å²) in [6.45, 7) is -0.108. The van der Waals surface area contributed by atoms with Crippen molar-refractivity contribution in [3.05, 3.63) is 54.7 Å². The summed E-state index contributed by atoms with van der Waals surface area (Å²) in [5, 5.41) is 16.1. The van der Waals surface area contributed by atoms with Crippen LogP contribution >= 0.6 is 0 Å². The van der Waals surface area contributed by atoms with Crippen LogP contribution in [-0.4, -0.2) is 49.5 Å². The second-order valence-corrected chi connectivity index (χ2v) is 6.03. The predicted octanol–water partition coefficient (Wildman–Crippen LogP) is 0.562. The van der Waals surface area contributed by atoms with Crippen molar-refractivity contribution in [3.63, 3.8) is 0 Å². The summed E-state index contributed by atoms with van der Waals surface area (Å²) in [5.74, 6) is -1.68. The summed E-state index contributed by atoms with van der Waals surface area (Å²) in [6.07, 6.45) is 2.90. The number of aromatic nitrogens is 4. The van der Waals surface area contributed by atoms with Crippen molar-refractivity contribution in [1.82, 2.24) is 30.4 Å². The van der Waals surface area contributed by atoms with Gasteiger partial charge in [-0.05, 0) is 46.8 Å². The van der Waals surface area contributed by atoms with E-state index in [4.69, 9.17) is 4.42 Å². The molecule has 1 aliphatic rings. The first kappa shape index (κ1) is 17.4. The molecule has 1 unspecified atom stereocenters. The summed E-state index contributed by atoms with van der Waals surface area (Å²) < 4.78 is 6.65. The first-order chi connectivity index (χ1) is 13.6. The van der Waals surface area contributed by atoms with E-state index in [2.05, 4.69) is 26.2 Å². The number of nitrogens with zero attached hydrogens (tertiary/aromatic N) is 5. The van der Waals surface area contributed by atoms with Gasteiger partial charge in [-0.1, -0.05) is 0 Å². The molecule has 11 heteroatoms. The van der Waals surface area contributed by atoms with Crippen LogP contribution in [0.15, 0.2) is 53.4 Å². The topological polar surface area (TPSA) is 135 Å². The minimum absolute atomic E-state index is 0.0396. The number of nitrogens with one attached hydrogen (secondary N) is 2. The molecule has 0 spiro atoms. The third kappa shape index (κ3) is 3.45. The summed E-state index contributed by atoms with van der Waals surface area (Å²) in [6, 6.07) is 9.53. The summed E-state index contributed by atoms with van der Waals surface area (Å²) >= 11 is 0. The minimum Gasteiger partial charge on any atom is -0.467 e. The molecule has 1 saturated heterocycles. The van der Waals surface area contributed by atoms with Gasteiger partial charge in [0.05, 0.1) is 18.5 Å². The zero-order valence-electron chi connectivity index (χ0n) is 14.5. The van der Waals surface area contributed by atoms with E-state index in [1.165, 1.54) is 17.3 Å². The highest BCUT2D eigenvalue weighted by molar-refractivity contribution is 6.12. The van der Waals surface area contributed by atoms with E-state index >= 15 is 0 Å². The van der Waals surface area contributed by atoms with E-state index in [9.17, 15) is 14.4 Å². The van der Waals surface area contributed by atoms with Crippen molar-refractivity contribution in [2.24, 2.45) is 5.92 Å². The van der Waals surface area contributed by atoms with Crippen LogP contribution < -0.4 is 10.6 Å². The van der Waals surface area contributed by atoms with Gasteiger partial charge in [0.2, 0.25) is 11.8 Å². The maximum absolute atomic E-state index is 12.6. The Kier molecular flexibility index (Phi) is 4.54. The molecule has 28 heavy (non-hydrogen) atoms. The number of carbonyl (C=O) groups is 3. The molecule has 0 radical (unpaired) electrons. The van der Waals surface area contributed by atoms with Gasteiger partial charge >= 0.3 is 6.03 Å². The van der Waals surface area contributed by atoms with Gasteiger partial charge in [-0.3, -0.25) is 14.5 Å². The third-order valence-electron chi connectivity index (χ3n) is 4.23. The molecule has 1 aromatic carbocycles. The standard InChI is InChI=1S/C17H15N7O4/c25-15(20-11-3-5-12(6-4-11)24-10-19-21-22-24)14-8-18-17(27)23(16(14)26)9-13-2-1-7-28-13/h1-7,10,14H,8-9H2,(H,18,27)(H,20,25). The lowest BCUT2D eigenvalue weighted by molar-refractivity contribution is -0.139. The number of urea groups is 1. The predicted molar refractivity (Wildman–Crippen MR) is 93.9 cm³/mol. The van der Waals surface area contributed by atoms with Crippen LogP contribution in [0.5, 0.6) is 0 Å². The van der Waals surface area contributed by atoms with E-state index in [1.54, 1.807) is 36.4 Å². The number of amides is 4. The quantitative estimate of drug-likeness (QED) is 0.617. The van der Waals surface area contributed by atoms with Crippen LogP contribution in [0.2, 0.25) is 0 Å². The maximum Gasteiger partial charge on any atom is 0.324 e. The zero-order valence-corrected chi connectivity index (χ0v) is 14.5. The highest BCUT2D eigenvalue weighted by Crippen LogP contribution is 2.17. The lowest BCUT2D eigenvalue weighted by atomic mass is 10.0. The summed E-state index contributed by atoms with van der Waals surface area (Å²) in [4.78, 5) is 38.2. The molecule has 2 aromatic heterocycles.